The predicted molar refractivity (Wildman–Crippen MR) is 71.0 cm³/mol. The van der Waals surface area contributed by atoms with Crippen molar-refractivity contribution in [3.8, 4) is 0 Å². The minimum absolute atomic E-state index is 0.165. The molecule has 0 aromatic rings. The van der Waals surface area contributed by atoms with Crippen molar-refractivity contribution >= 4 is 5.78 Å². The molecule has 0 N–H and O–H groups in total. The van der Waals surface area contributed by atoms with Gasteiger partial charge in [0.1, 0.15) is 5.78 Å². The lowest BCUT2D eigenvalue weighted by Gasteiger charge is -2.43. The van der Waals surface area contributed by atoms with E-state index in [0.29, 0.717) is 5.78 Å². The number of fused-ring (bicyclic) bond motifs is 1. The Balaban J connectivity index is 1.89. The smallest absolute Gasteiger partial charge is 0.136 e. The molecule has 0 spiro atoms. The minimum Gasteiger partial charge on any atom is -0.302 e. The number of likely N-dealkylation sites (tertiary alicyclic amines) is 1. The molecule has 2 fully saturated rings. The van der Waals surface area contributed by atoms with Gasteiger partial charge in [-0.1, -0.05) is 33.1 Å². The highest BCUT2D eigenvalue weighted by Crippen LogP contribution is 2.36. The van der Waals surface area contributed by atoms with Crippen molar-refractivity contribution in [1.82, 2.24) is 4.90 Å². The lowest BCUT2D eigenvalue weighted by Crippen LogP contribution is -2.46. The number of carbonyl (C=O) groups is 1. The van der Waals surface area contributed by atoms with Crippen LogP contribution >= 0.6 is 0 Å². The van der Waals surface area contributed by atoms with Gasteiger partial charge in [-0.2, -0.15) is 0 Å². The van der Waals surface area contributed by atoms with E-state index in [9.17, 15) is 4.79 Å². The second kappa shape index (κ2) is 5.09. The standard InChI is InChI=1S/C15H27NO/c1-12(17)15(2,3)11-16-9-8-13-6-4-5-7-14(13)10-16/h13-14H,4-11H2,1-3H3. The molecule has 0 radical (unpaired) electrons. The highest BCUT2D eigenvalue weighted by Gasteiger charge is 2.34. The van der Waals surface area contributed by atoms with E-state index in [1.165, 1.54) is 45.2 Å². The van der Waals surface area contributed by atoms with E-state index in [0.717, 1.165) is 18.4 Å². The number of Topliss-reactive ketones (excluding diaryl/α,β-unsaturated/α-hetero) is 1. The molecule has 0 amide bonds. The Morgan fingerprint density at radius 1 is 1.18 bits per heavy atom. The quantitative estimate of drug-likeness (QED) is 0.751. The first kappa shape index (κ1) is 13.1. The second-order valence-electron chi connectivity index (χ2n) is 6.77. The van der Waals surface area contributed by atoms with Crippen molar-refractivity contribution in [3.63, 3.8) is 0 Å². The van der Waals surface area contributed by atoms with Gasteiger partial charge < -0.3 is 4.90 Å². The molecular weight excluding hydrogens is 210 g/mol. The Hall–Kier alpha value is -0.370. The number of piperidine rings is 1. The molecule has 0 aromatic heterocycles. The summed E-state index contributed by atoms with van der Waals surface area (Å²) in [5.74, 6) is 2.23. The first-order chi connectivity index (χ1) is 7.99. The minimum atomic E-state index is -0.165. The lowest BCUT2D eigenvalue weighted by atomic mass is 9.74. The summed E-state index contributed by atoms with van der Waals surface area (Å²) in [7, 11) is 0. The van der Waals surface area contributed by atoms with Crippen LogP contribution in [0.4, 0.5) is 0 Å². The maximum atomic E-state index is 11.6. The molecule has 0 bridgehead atoms. The van der Waals surface area contributed by atoms with Crippen LogP contribution < -0.4 is 0 Å². The third-order valence-corrected chi connectivity index (χ3v) is 4.95. The van der Waals surface area contributed by atoms with Gasteiger partial charge in [-0.25, -0.2) is 0 Å². The number of carbonyl (C=O) groups excluding carboxylic acids is 1. The Bertz CT molecular complexity index is 285. The van der Waals surface area contributed by atoms with Crippen LogP contribution in [0, 0.1) is 17.3 Å². The van der Waals surface area contributed by atoms with Gasteiger partial charge in [-0.3, -0.25) is 4.79 Å². The molecule has 0 aromatic carbocycles. The van der Waals surface area contributed by atoms with Crippen molar-refractivity contribution in [1.29, 1.82) is 0 Å². The molecule has 2 atom stereocenters. The van der Waals surface area contributed by atoms with Crippen LogP contribution in [0.1, 0.15) is 52.9 Å². The number of hydrogen-bond acceptors (Lipinski definition) is 2. The fraction of sp³-hybridized carbons (Fsp3) is 0.933. The largest absolute Gasteiger partial charge is 0.302 e. The van der Waals surface area contributed by atoms with Crippen molar-refractivity contribution in [2.24, 2.45) is 17.3 Å². The van der Waals surface area contributed by atoms with E-state index in [4.69, 9.17) is 0 Å². The summed E-state index contributed by atoms with van der Waals surface area (Å²) in [6.45, 7) is 9.29. The maximum Gasteiger partial charge on any atom is 0.136 e. The summed E-state index contributed by atoms with van der Waals surface area (Å²) in [5, 5.41) is 0. The summed E-state index contributed by atoms with van der Waals surface area (Å²) in [4.78, 5) is 14.1. The van der Waals surface area contributed by atoms with Gasteiger partial charge in [0.25, 0.3) is 0 Å². The maximum absolute atomic E-state index is 11.6. The van der Waals surface area contributed by atoms with Crippen LogP contribution in [0.15, 0.2) is 0 Å². The van der Waals surface area contributed by atoms with Gasteiger partial charge >= 0.3 is 0 Å². The van der Waals surface area contributed by atoms with Crippen molar-refractivity contribution < 1.29 is 4.79 Å². The first-order valence-electron chi connectivity index (χ1n) is 7.22. The molecule has 1 aliphatic heterocycles. The van der Waals surface area contributed by atoms with E-state index in [-0.39, 0.29) is 5.41 Å². The van der Waals surface area contributed by atoms with Gasteiger partial charge in [-0.05, 0) is 38.1 Å². The second-order valence-corrected chi connectivity index (χ2v) is 6.77. The van der Waals surface area contributed by atoms with Crippen molar-refractivity contribution in [2.45, 2.75) is 52.9 Å². The van der Waals surface area contributed by atoms with E-state index in [1.807, 2.05) is 0 Å². The average Bonchev–Trinajstić information content (AvgIpc) is 2.28. The molecule has 2 nitrogen and oxygen atoms in total. The molecule has 1 saturated carbocycles. The van der Waals surface area contributed by atoms with Crippen LogP contribution in [0.2, 0.25) is 0 Å². The van der Waals surface area contributed by atoms with Gasteiger partial charge in [0.2, 0.25) is 0 Å². The monoisotopic (exact) mass is 237 g/mol. The predicted octanol–water partition coefficient (Wildman–Crippen LogP) is 3.11. The number of hydrogen-bond donors (Lipinski definition) is 0. The summed E-state index contributed by atoms with van der Waals surface area (Å²) < 4.78 is 0. The van der Waals surface area contributed by atoms with Crippen LogP contribution in [0.25, 0.3) is 0 Å². The highest BCUT2D eigenvalue weighted by molar-refractivity contribution is 5.81. The zero-order valence-electron chi connectivity index (χ0n) is 11.7. The van der Waals surface area contributed by atoms with E-state index < -0.39 is 0 Å². The summed E-state index contributed by atoms with van der Waals surface area (Å²) in [6.07, 6.45) is 7.10. The van der Waals surface area contributed by atoms with Crippen molar-refractivity contribution in [3.05, 3.63) is 0 Å². The number of nitrogens with zero attached hydrogens (tertiary/aromatic N) is 1. The molecule has 2 aliphatic rings. The third kappa shape index (κ3) is 3.09. The molecule has 2 heteroatoms. The normalized spacial score (nSPS) is 31.0. The van der Waals surface area contributed by atoms with Gasteiger partial charge in [0.15, 0.2) is 0 Å². The number of rotatable bonds is 3. The average molecular weight is 237 g/mol. The molecule has 2 unspecified atom stereocenters. The molecule has 1 aliphatic carbocycles. The molecule has 1 heterocycles. The Morgan fingerprint density at radius 3 is 2.47 bits per heavy atom. The van der Waals surface area contributed by atoms with Crippen LogP contribution in [-0.2, 0) is 4.79 Å². The summed E-state index contributed by atoms with van der Waals surface area (Å²) in [5.41, 5.74) is -0.165. The lowest BCUT2D eigenvalue weighted by molar-refractivity contribution is -0.126. The van der Waals surface area contributed by atoms with Gasteiger partial charge in [-0.15, -0.1) is 0 Å². The number of ketones is 1. The van der Waals surface area contributed by atoms with Crippen molar-refractivity contribution in [2.75, 3.05) is 19.6 Å². The molecule has 2 rings (SSSR count). The molecule has 98 valence electrons. The zero-order valence-corrected chi connectivity index (χ0v) is 11.7. The topological polar surface area (TPSA) is 20.3 Å². The summed E-state index contributed by atoms with van der Waals surface area (Å²) in [6, 6.07) is 0. The van der Waals surface area contributed by atoms with Crippen LogP contribution in [0.5, 0.6) is 0 Å². The van der Waals surface area contributed by atoms with E-state index in [2.05, 4.69) is 18.7 Å². The Labute approximate surface area is 106 Å². The fourth-order valence-electron chi connectivity index (χ4n) is 3.49. The van der Waals surface area contributed by atoms with Crippen LogP contribution in [-0.4, -0.2) is 30.3 Å². The Kier molecular flexibility index (Phi) is 3.92. The van der Waals surface area contributed by atoms with Gasteiger partial charge in [0, 0.05) is 18.5 Å². The third-order valence-electron chi connectivity index (χ3n) is 4.95. The van der Waals surface area contributed by atoms with E-state index in [1.54, 1.807) is 6.92 Å². The van der Waals surface area contributed by atoms with Gasteiger partial charge in [0.05, 0.1) is 0 Å². The Morgan fingerprint density at radius 2 is 1.82 bits per heavy atom. The summed E-state index contributed by atoms with van der Waals surface area (Å²) >= 11 is 0. The van der Waals surface area contributed by atoms with E-state index >= 15 is 0 Å². The molecular formula is C15H27NO. The molecule has 1 saturated heterocycles. The SMILES string of the molecule is CC(=O)C(C)(C)CN1CCC2CCCCC2C1. The highest BCUT2D eigenvalue weighted by atomic mass is 16.1. The zero-order chi connectivity index (χ0) is 12.5. The first-order valence-corrected chi connectivity index (χ1v) is 7.22. The molecule has 17 heavy (non-hydrogen) atoms. The fourth-order valence-corrected chi connectivity index (χ4v) is 3.49. The van der Waals surface area contributed by atoms with Crippen LogP contribution in [0.3, 0.4) is 0 Å².